The number of carboxylic acid groups (broad SMARTS) is 1. The maximum Gasteiger partial charge on any atom is 0.328 e. The van der Waals surface area contributed by atoms with Gasteiger partial charge in [0.05, 0.1) is 23.5 Å². The minimum atomic E-state index is -1.35. The van der Waals surface area contributed by atoms with Crippen LogP contribution in [0, 0.1) is 6.92 Å². The molecule has 2 aromatic rings. The lowest BCUT2D eigenvalue weighted by molar-refractivity contribution is -0.140. The Bertz CT molecular complexity index is 715. The zero-order chi connectivity index (χ0) is 16.3. The first-order valence-corrected chi connectivity index (χ1v) is 7.32. The van der Waals surface area contributed by atoms with Gasteiger partial charge in [0.15, 0.2) is 6.04 Å². The van der Waals surface area contributed by atoms with Crippen LogP contribution in [0.25, 0.3) is 10.2 Å². The van der Waals surface area contributed by atoms with E-state index in [1.165, 1.54) is 6.33 Å². The van der Waals surface area contributed by atoms with E-state index in [1.807, 2.05) is 6.92 Å². The van der Waals surface area contributed by atoms with Crippen LogP contribution < -0.4 is 10.1 Å². The van der Waals surface area contributed by atoms with Crippen molar-refractivity contribution in [3.05, 3.63) is 16.8 Å². The van der Waals surface area contributed by atoms with Crippen LogP contribution in [0.1, 0.15) is 22.2 Å². The highest BCUT2D eigenvalue weighted by atomic mass is 32.1. The third kappa shape index (κ3) is 3.00. The van der Waals surface area contributed by atoms with Crippen molar-refractivity contribution in [1.29, 1.82) is 0 Å². The van der Waals surface area contributed by atoms with E-state index >= 15 is 0 Å². The summed E-state index contributed by atoms with van der Waals surface area (Å²) in [5.74, 6) is -1.49. The molecule has 0 aromatic carbocycles. The molecule has 3 N–H and O–H groups in total. The van der Waals surface area contributed by atoms with Gasteiger partial charge in [0.25, 0.3) is 5.91 Å². The molecule has 0 bridgehead atoms. The second-order valence-electron chi connectivity index (χ2n) is 4.40. The van der Waals surface area contributed by atoms with Gasteiger partial charge in [-0.15, -0.1) is 11.3 Å². The fourth-order valence-corrected chi connectivity index (χ4v) is 2.95. The van der Waals surface area contributed by atoms with Crippen LogP contribution in [-0.2, 0) is 4.79 Å². The van der Waals surface area contributed by atoms with E-state index in [-0.39, 0.29) is 0 Å². The molecule has 8 nitrogen and oxygen atoms in total. The van der Waals surface area contributed by atoms with Crippen LogP contribution in [0.15, 0.2) is 6.33 Å². The largest absolute Gasteiger partial charge is 0.480 e. The highest BCUT2D eigenvalue weighted by Gasteiger charge is 2.24. The number of aliphatic hydroxyl groups is 1. The number of hydrogen-bond acceptors (Lipinski definition) is 7. The SMILES string of the molecule is CCOc1ncnc2sc(C(=O)NC(CO)C(=O)O)c(C)c12. The lowest BCUT2D eigenvalue weighted by Crippen LogP contribution is -2.43. The van der Waals surface area contributed by atoms with E-state index < -0.39 is 24.5 Å². The molecule has 0 aliphatic carbocycles. The van der Waals surface area contributed by atoms with E-state index in [1.54, 1.807) is 6.92 Å². The first-order chi connectivity index (χ1) is 10.5. The predicted molar refractivity (Wildman–Crippen MR) is 79.3 cm³/mol. The van der Waals surface area contributed by atoms with E-state index in [0.717, 1.165) is 11.3 Å². The summed E-state index contributed by atoms with van der Waals surface area (Å²) in [7, 11) is 0. The predicted octanol–water partition coefficient (Wildman–Crippen LogP) is 0.574. The average molecular weight is 325 g/mol. The maximum atomic E-state index is 12.2. The first-order valence-electron chi connectivity index (χ1n) is 6.51. The van der Waals surface area contributed by atoms with Gasteiger partial charge in [-0.1, -0.05) is 0 Å². The highest BCUT2D eigenvalue weighted by Crippen LogP contribution is 2.34. The smallest absolute Gasteiger partial charge is 0.328 e. The number of rotatable bonds is 6. The Balaban J connectivity index is 2.40. The quantitative estimate of drug-likeness (QED) is 0.710. The third-order valence-corrected chi connectivity index (χ3v) is 4.16. The van der Waals surface area contributed by atoms with E-state index in [2.05, 4.69) is 15.3 Å². The summed E-state index contributed by atoms with van der Waals surface area (Å²) >= 11 is 1.12. The number of aliphatic carboxylic acids is 1. The van der Waals surface area contributed by atoms with Crippen molar-refractivity contribution in [2.45, 2.75) is 19.9 Å². The summed E-state index contributed by atoms with van der Waals surface area (Å²) in [6.45, 7) is 3.28. The lowest BCUT2D eigenvalue weighted by Gasteiger charge is -2.11. The molecule has 2 heterocycles. The summed E-state index contributed by atoms with van der Waals surface area (Å²) in [5.41, 5.74) is 0.614. The summed E-state index contributed by atoms with van der Waals surface area (Å²) in [6.07, 6.45) is 1.35. The average Bonchev–Trinajstić information content (AvgIpc) is 2.83. The Hall–Kier alpha value is -2.26. The van der Waals surface area contributed by atoms with Crippen LogP contribution in [-0.4, -0.2) is 51.3 Å². The molecule has 0 aliphatic rings. The number of ether oxygens (including phenoxy) is 1. The van der Waals surface area contributed by atoms with Gasteiger partial charge in [0, 0.05) is 0 Å². The van der Waals surface area contributed by atoms with Crippen LogP contribution >= 0.6 is 11.3 Å². The molecule has 0 spiro atoms. The number of carbonyl (C=O) groups is 2. The van der Waals surface area contributed by atoms with Gasteiger partial charge in [-0.3, -0.25) is 4.79 Å². The van der Waals surface area contributed by atoms with Gasteiger partial charge in [-0.05, 0) is 19.4 Å². The van der Waals surface area contributed by atoms with Gasteiger partial charge in [0.1, 0.15) is 11.2 Å². The number of aromatic nitrogens is 2. The Morgan fingerprint density at radius 3 is 2.77 bits per heavy atom. The number of carbonyl (C=O) groups excluding carboxylic acids is 1. The normalized spacial score (nSPS) is 12.1. The number of nitrogens with one attached hydrogen (secondary N) is 1. The summed E-state index contributed by atoms with van der Waals surface area (Å²) in [5, 5.41) is 20.8. The minimum Gasteiger partial charge on any atom is -0.480 e. The molecule has 22 heavy (non-hydrogen) atoms. The number of aliphatic hydroxyl groups excluding tert-OH is 1. The van der Waals surface area contributed by atoms with Crippen molar-refractivity contribution >= 4 is 33.4 Å². The Labute approximate surface area is 129 Å². The molecular formula is C13H15N3O5S. The van der Waals surface area contributed by atoms with E-state index in [9.17, 15) is 9.59 Å². The summed E-state index contributed by atoms with van der Waals surface area (Å²) < 4.78 is 5.42. The second kappa shape index (κ2) is 6.67. The molecule has 1 amide bonds. The maximum absolute atomic E-state index is 12.2. The third-order valence-electron chi connectivity index (χ3n) is 2.97. The Morgan fingerprint density at radius 1 is 1.45 bits per heavy atom. The van der Waals surface area contributed by atoms with Gasteiger partial charge in [0.2, 0.25) is 5.88 Å². The number of aryl methyl sites for hydroxylation is 1. The molecule has 2 rings (SSSR count). The van der Waals surface area contributed by atoms with E-state index in [4.69, 9.17) is 14.9 Å². The molecule has 0 saturated heterocycles. The zero-order valence-corrected chi connectivity index (χ0v) is 12.8. The highest BCUT2D eigenvalue weighted by molar-refractivity contribution is 7.20. The Kier molecular flexibility index (Phi) is 4.88. The molecule has 0 saturated carbocycles. The zero-order valence-electron chi connectivity index (χ0n) is 12.0. The number of carboxylic acids is 1. The number of hydrogen-bond donors (Lipinski definition) is 3. The minimum absolute atomic E-state index is 0.316. The molecule has 0 aliphatic heterocycles. The number of nitrogens with zero attached hydrogens (tertiary/aromatic N) is 2. The Morgan fingerprint density at radius 2 is 2.18 bits per heavy atom. The standard InChI is InChI=1S/C13H15N3O5S/c1-3-21-11-8-6(2)9(22-12(8)15-5-14-11)10(18)16-7(4-17)13(19)20/h5,7,17H,3-4H2,1-2H3,(H,16,18)(H,19,20). The molecule has 2 aromatic heterocycles. The van der Waals surface area contributed by atoms with Crippen molar-refractivity contribution in [2.24, 2.45) is 0 Å². The van der Waals surface area contributed by atoms with Gasteiger partial charge in [-0.2, -0.15) is 0 Å². The topological polar surface area (TPSA) is 122 Å². The molecule has 9 heteroatoms. The van der Waals surface area contributed by atoms with Crippen molar-refractivity contribution in [3.8, 4) is 5.88 Å². The number of thiophene rings is 1. The molecule has 1 unspecified atom stereocenters. The monoisotopic (exact) mass is 325 g/mol. The summed E-state index contributed by atoms with van der Waals surface area (Å²) in [6, 6.07) is -1.35. The fourth-order valence-electron chi connectivity index (χ4n) is 1.91. The molecule has 118 valence electrons. The fraction of sp³-hybridized carbons (Fsp3) is 0.385. The van der Waals surface area contributed by atoms with Gasteiger partial charge < -0.3 is 20.3 Å². The van der Waals surface area contributed by atoms with Gasteiger partial charge >= 0.3 is 5.97 Å². The first kappa shape index (κ1) is 16.1. The molecular weight excluding hydrogens is 310 g/mol. The van der Waals surface area contributed by atoms with Crippen molar-refractivity contribution < 1.29 is 24.5 Å². The van der Waals surface area contributed by atoms with Gasteiger partial charge in [-0.25, -0.2) is 14.8 Å². The van der Waals surface area contributed by atoms with Crippen LogP contribution in [0.4, 0.5) is 0 Å². The number of fused-ring (bicyclic) bond motifs is 1. The van der Waals surface area contributed by atoms with Crippen LogP contribution in [0.2, 0.25) is 0 Å². The van der Waals surface area contributed by atoms with Crippen LogP contribution in [0.5, 0.6) is 5.88 Å². The van der Waals surface area contributed by atoms with Crippen molar-refractivity contribution in [3.63, 3.8) is 0 Å². The van der Waals surface area contributed by atoms with Crippen molar-refractivity contribution in [2.75, 3.05) is 13.2 Å². The molecule has 0 radical (unpaired) electrons. The number of amides is 1. The second-order valence-corrected chi connectivity index (χ2v) is 5.39. The van der Waals surface area contributed by atoms with Crippen molar-refractivity contribution in [1.82, 2.24) is 15.3 Å². The van der Waals surface area contributed by atoms with E-state index in [0.29, 0.717) is 33.1 Å². The molecule has 0 fully saturated rings. The molecule has 1 atom stereocenters. The lowest BCUT2D eigenvalue weighted by atomic mass is 10.2. The summed E-state index contributed by atoms with van der Waals surface area (Å²) in [4.78, 5) is 32.1. The van der Waals surface area contributed by atoms with Crippen LogP contribution in [0.3, 0.4) is 0 Å².